The zero-order valence-electron chi connectivity index (χ0n) is 20.3. The highest BCUT2D eigenvalue weighted by molar-refractivity contribution is 5.51. The molecule has 206 valence electrons. The normalized spacial score (nSPS) is 12.8. The monoisotopic (exact) mass is 545 g/mol. The number of halogens is 7. The second kappa shape index (κ2) is 12.4. The van der Waals surface area contributed by atoms with Gasteiger partial charge in [0.15, 0.2) is 0 Å². The zero-order chi connectivity index (χ0) is 27.9. The van der Waals surface area contributed by atoms with Gasteiger partial charge in [-0.25, -0.2) is 4.39 Å². The lowest BCUT2D eigenvalue weighted by Gasteiger charge is -2.28. The first-order valence-electron chi connectivity index (χ1n) is 11.7. The van der Waals surface area contributed by atoms with E-state index < -0.39 is 30.0 Å². The molecule has 38 heavy (non-hydrogen) atoms. The van der Waals surface area contributed by atoms with Gasteiger partial charge in [0.25, 0.3) is 0 Å². The first kappa shape index (κ1) is 29.1. The van der Waals surface area contributed by atoms with E-state index in [9.17, 15) is 35.8 Å². The highest BCUT2D eigenvalue weighted by atomic mass is 19.4. The van der Waals surface area contributed by atoms with Crippen LogP contribution in [0.3, 0.4) is 0 Å². The van der Waals surface area contributed by atoms with Crippen LogP contribution in [-0.4, -0.2) is 24.1 Å². The molecule has 0 aromatic heterocycles. The Labute approximate surface area is 215 Å². The van der Waals surface area contributed by atoms with Crippen LogP contribution in [0.5, 0.6) is 11.5 Å². The van der Waals surface area contributed by atoms with Crippen molar-refractivity contribution >= 4 is 5.69 Å². The molecule has 1 unspecified atom stereocenters. The molecule has 1 N–H and O–H groups in total. The second-order valence-electron chi connectivity index (χ2n) is 8.61. The zero-order valence-corrected chi connectivity index (χ0v) is 20.3. The summed E-state index contributed by atoms with van der Waals surface area (Å²) in [6, 6.07) is 14.1. The SMILES string of the molecule is CCCC(O)CN(Cc1ccc(C(F)(F)F)cc1F)c1cccc(OCc2cccc(OC(F)(F)F)c2)c1. The van der Waals surface area contributed by atoms with Gasteiger partial charge in [-0.15, -0.1) is 13.2 Å². The number of ether oxygens (including phenoxy) is 2. The summed E-state index contributed by atoms with van der Waals surface area (Å²) in [6.45, 7) is 1.76. The van der Waals surface area contributed by atoms with Crippen molar-refractivity contribution in [2.24, 2.45) is 0 Å². The van der Waals surface area contributed by atoms with Crippen LogP contribution in [0.25, 0.3) is 0 Å². The molecule has 11 heteroatoms. The molecule has 0 saturated heterocycles. The molecule has 0 amide bonds. The molecule has 0 aliphatic rings. The molecule has 0 aliphatic carbocycles. The van der Waals surface area contributed by atoms with Crippen LogP contribution >= 0.6 is 0 Å². The molecule has 0 spiro atoms. The fourth-order valence-electron chi connectivity index (χ4n) is 3.77. The molecular weight excluding hydrogens is 519 g/mol. The Balaban J connectivity index is 1.79. The topological polar surface area (TPSA) is 41.9 Å². The van der Waals surface area contributed by atoms with Crippen LogP contribution in [0.2, 0.25) is 0 Å². The summed E-state index contributed by atoms with van der Waals surface area (Å²) in [5.41, 5.74) is -0.170. The molecule has 3 rings (SSSR count). The number of anilines is 1. The molecule has 0 aliphatic heterocycles. The first-order valence-corrected chi connectivity index (χ1v) is 11.7. The molecule has 0 heterocycles. The predicted molar refractivity (Wildman–Crippen MR) is 127 cm³/mol. The Hall–Kier alpha value is -3.47. The summed E-state index contributed by atoms with van der Waals surface area (Å²) in [5, 5.41) is 10.4. The number of benzene rings is 3. The van der Waals surface area contributed by atoms with Gasteiger partial charge in [-0.05, 0) is 48.4 Å². The standard InChI is InChI=1S/C27H26F7NO3/c1-2-5-22(36)16-35(15-19-10-11-20(13-25(19)28)26(29,30)31)21-7-4-8-23(14-21)37-17-18-6-3-9-24(12-18)38-27(32,33)34/h3-4,6-14,22,36H,2,5,15-17H2,1H3. The Morgan fingerprint density at radius 3 is 2.26 bits per heavy atom. The number of nitrogens with zero attached hydrogens (tertiary/aromatic N) is 1. The number of alkyl halides is 6. The van der Waals surface area contributed by atoms with Crippen molar-refractivity contribution in [1.82, 2.24) is 0 Å². The van der Waals surface area contributed by atoms with E-state index in [1.165, 1.54) is 12.1 Å². The van der Waals surface area contributed by atoms with Gasteiger partial charge in [0.05, 0.1) is 11.7 Å². The highest BCUT2D eigenvalue weighted by Crippen LogP contribution is 2.31. The van der Waals surface area contributed by atoms with Crippen molar-refractivity contribution in [3.8, 4) is 11.5 Å². The molecule has 1 atom stereocenters. The molecule has 4 nitrogen and oxygen atoms in total. The number of hydrogen-bond acceptors (Lipinski definition) is 4. The molecule has 3 aromatic rings. The van der Waals surface area contributed by atoms with Crippen molar-refractivity contribution in [3.63, 3.8) is 0 Å². The summed E-state index contributed by atoms with van der Waals surface area (Å²) >= 11 is 0. The van der Waals surface area contributed by atoms with Crippen LogP contribution in [-0.2, 0) is 19.3 Å². The Morgan fingerprint density at radius 2 is 1.61 bits per heavy atom. The average Bonchev–Trinajstić information content (AvgIpc) is 2.82. The molecular formula is C27H26F7NO3. The van der Waals surface area contributed by atoms with Gasteiger partial charge in [0.1, 0.15) is 23.9 Å². The van der Waals surface area contributed by atoms with Crippen LogP contribution in [0, 0.1) is 5.82 Å². The third-order valence-corrected chi connectivity index (χ3v) is 5.51. The molecule has 0 saturated carbocycles. The lowest BCUT2D eigenvalue weighted by atomic mass is 10.1. The van der Waals surface area contributed by atoms with Crippen molar-refractivity contribution < 1.29 is 45.3 Å². The maximum absolute atomic E-state index is 14.6. The average molecular weight is 545 g/mol. The third kappa shape index (κ3) is 8.83. The number of hydrogen-bond donors (Lipinski definition) is 1. The minimum absolute atomic E-state index is 0.00880. The summed E-state index contributed by atoms with van der Waals surface area (Å²) in [5.74, 6) is -1.07. The van der Waals surface area contributed by atoms with E-state index in [0.29, 0.717) is 35.9 Å². The molecule has 3 aromatic carbocycles. The van der Waals surface area contributed by atoms with Gasteiger partial charge >= 0.3 is 12.5 Å². The predicted octanol–water partition coefficient (Wildman–Crippen LogP) is 7.49. The van der Waals surface area contributed by atoms with Gasteiger partial charge < -0.3 is 19.5 Å². The second-order valence-corrected chi connectivity index (χ2v) is 8.61. The van der Waals surface area contributed by atoms with Crippen LogP contribution in [0.15, 0.2) is 66.7 Å². The Morgan fingerprint density at radius 1 is 0.895 bits per heavy atom. The summed E-state index contributed by atoms with van der Waals surface area (Å²) < 4.78 is 100. The minimum Gasteiger partial charge on any atom is -0.489 e. The van der Waals surface area contributed by atoms with Crippen molar-refractivity contribution in [2.75, 3.05) is 11.4 Å². The highest BCUT2D eigenvalue weighted by Gasteiger charge is 2.32. The quantitative estimate of drug-likeness (QED) is 0.254. The summed E-state index contributed by atoms with van der Waals surface area (Å²) in [6.07, 6.45) is -9.15. The van der Waals surface area contributed by atoms with E-state index >= 15 is 0 Å². The van der Waals surface area contributed by atoms with E-state index in [1.807, 2.05) is 6.92 Å². The Kier molecular flexibility index (Phi) is 9.48. The van der Waals surface area contributed by atoms with Gasteiger partial charge in [-0.1, -0.05) is 37.6 Å². The smallest absolute Gasteiger partial charge is 0.489 e. The summed E-state index contributed by atoms with van der Waals surface area (Å²) in [4.78, 5) is 1.62. The van der Waals surface area contributed by atoms with Crippen molar-refractivity contribution in [3.05, 3.63) is 89.2 Å². The number of aliphatic hydroxyl groups is 1. The lowest BCUT2D eigenvalue weighted by molar-refractivity contribution is -0.274. The molecule has 0 bridgehead atoms. The van der Waals surface area contributed by atoms with E-state index in [0.717, 1.165) is 18.2 Å². The van der Waals surface area contributed by atoms with Gasteiger partial charge in [-0.3, -0.25) is 0 Å². The summed E-state index contributed by atoms with van der Waals surface area (Å²) in [7, 11) is 0. The first-order chi connectivity index (χ1) is 17.8. The van der Waals surface area contributed by atoms with Gasteiger partial charge in [-0.2, -0.15) is 13.2 Å². The van der Waals surface area contributed by atoms with Crippen LogP contribution in [0.1, 0.15) is 36.5 Å². The molecule has 0 radical (unpaired) electrons. The van der Waals surface area contributed by atoms with E-state index in [-0.39, 0.29) is 31.0 Å². The van der Waals surface area contributed by atoms with E-state index in [1.54, 1.807) is 35.2 Å². The van der Waals surface area contributed by atoms with Crippen LogP contribution in [0.4, 0.5) is 36.4 Å². The Bertz CT molecular complexity index is 1200. The van der Waals surface area contributed by atoms with E-state index in [2.05, 4.69) is 4.74 Å². The minimum atomic E-state index is -4.83. The number of aliphatic hydroxyl groups excluding tert-OH is 1. The van der Waals surface area contributed by atoms with Crippen molar-refractivity contribution in [1.29, 1.82) is 0 Å². The largest absolute Gasteiger partial charge is 0.573 e. The van der Waals surface area contributed by atoms with E-state index in [4.69, 9.17) is 4.74 Å². The van der Waals surface area contributed by atoms with Crippen LogP contribution < -0.4 is 14.4 Å². The third-order valence-electron chi connectivity index (χ3n) is 5.51. The maximum atomic E-state index is 14.6. The lowest BCUT2D eigenvalue weighted by Crippen LogP contribution is -2.32. The molecule has 0 fully saturated rings. The fraction of sp³-hybridized carbons (Fsp3) is 0.333. The number of rotatable bonds is 11. The fourth-order valence-corrected chi connectivity index (χ4v) is 3.77. The van der Waals surface area contributed by atoms with Gasteiger partial charge in [0, 0.05) is 30.4 Å². The van der Waals surface area contributed by atoms with Gasteiger partial charge in [0.2, 0.25) is 0 Å². The maximum Gasteiger partial charge on any atom is 0.573 e. The van der Waals surface area contributed by atoms with Crippen molar-refractivity contribution in [2.45, 2.75) is 51.6 Å².